The lowest BCUT2D eigenvalue weighted by Crippen LogP contribution is -2.14. The molecule has 0 bridgehead atoms. The van der Waals surface area contributed by atoms with Crippen LogP contribution in [-0.4, -0.2) is 15.9 Å². The zero-order valence-corrected chi connectivity index (χ0v) is 14.1. The average Bonchev–Trinajstić information content (AvgIpc) is 2.71. The smallest absolute Gasteiger partial charge is 0.274 e. The predicted octanol–water partition coefficient (Wildman–Crippen LogP) is 4.81. The van der Waals surface area contributed by atoms with E-state index in [9.17, 15) is 9.18 Å². The van der Waals surface area contributed by atoms with Crippen molar-refractivity contribution in [3.63, 3.8) is 0 Å². The first-order valence-corrected chi connectivity index (χ1v) is 8.24. The summed E-state index contributed by atoms with van der Waals surface area (Å²) in [5.74, 6) is 0.153. The predicted molar refractivity (Wildman–Crippen MR) is 100 cm³/mol. The van der Waals surface area contributed by atoms with Crippen molar-refractivity contribution < 1.29 is 13.9 Å². The lowest BCUT2D eigenvalue weighted by Gasteiger charge is -2.08. The average molecular weight is 359 g/mol. The van der Waals surface area contributed by atoms with Gasteiger partial charge in [-0.05, 0) is 41.8 Å². The van der Waals surface area contributed by atoms with E-state index in [0.717, 1.165) is 10.8 Å². The fourth-order valence-electron chi connectivity index (χ4n) is 2.63. The Bertz CT molecular complexity index is 1090. The van der Waals surface area contributed by atoms with Crippen LogP contribution in [0.4, 0.5) is 10.1 Å². The molecular weight excluding hydrogens is 345 g/mol. The molecule has 5 nitrogen and oxygen atoms in total. The van der Waals surface area contributed by atoms with Gasteiger partial charge in [0.15, 0.2) is 0 Å². The second-order valence-corrected chi connectivity index (χ2v) is 5.78. The summed E-state index contributed by atoms with van der Waals surface area (Å²) in [5.41, 5.74) is 0.862. The summed E-state index contributed by atoms with van der Waals surface area (Å²) >= 11 is 0. The number of aromatic nitrogens is 2. The summed E-state index contributed by atoms with van der Waals surface area (Å²) in [6, 6.07) is 18.4. The van der Waals surface area contributed by atoms with Crippen molar-refractivity contribution in [2.45, 2.75) is 0 Å². The molecule has 0 saturated carbocycles. The molecule has 4 rings (SSSR count). The summed E-state index contributed by atoms with van der Waals surface area (Å²) in [6.45, 7) is 0. The van der Waals surface area contributed by atoms with E-state index in [0.29, 0.717) is 23.0 Å². The quantitative estimate of drug-likeness (QED) is 0.568. The SMILES string of the molecule is O=C(Nc1ccc(Oc2ccc(F)cc2)nc1)c1nccc2ccccc12. The Morgan fingerprint density at radius 3 is 2.52 bits per heavy atom. The Hall–Kier alpha value is -3.80. The number of halogens is 1. The maximum atomic E-state index is 12.9. The summed E-state index contributed by atoms with van der Waals surface area (Å²) < 4.78 is 18.5. The molecule has 1 N–H and O–H groups in total. The Morgan fingerprint density at radius 2 is 1.74 bits per heavy atom. The Kier molecular flexibility index (Phi) is 4.45. The second kappa shape index (κ2) is 7.21. The van der Waals surface area contributed by atoms with Gasteiger partial charge in [-0.15, -0.1) is 0 Å². The van der Waals surface area contributed by atoms with E-state index in [1.54, 1.807) is 18.3 Å². The molecule has 0 aliphatic heterocycles. The van der Waals surface area contributed by atoms with E-state index in [1.165, 1.54) is 30.5 Å². The van der Waals surface area contributed by atoms with Gasteiger partial charge in [0, 0.05) is 17.6 Å². The third-order valence-electron chi connectivity index (χ3n) is 3.92. The zero-order valence-electron chi connectivity index (χ0n) is 14.1. The van der Waals surface area contributed by atoms with Crippen LogP contribution >= 0.6 is 0 Å². The summed E-state index contributed by atoms with van der Waals surface area (Å²) in [6.07, 6.45) is 3.09. The number of anilines is 1. The third-order valence-corrected chi connectivity index (χ3v) is 3.92. The van der Waals surface area contributed by atoms with Crippen LogP contribution in [0.5, 0.6) is 11.6 Å². The van der Waals surface area contributed by atoms with Gasteiger partial charge in [-0.3, -0.25) is 9.78 Å². The number of hydrogen-bond donors (Lipinski definition) is 1. The molecule has 132 valence electrons. The highest BCUT2D eigenvalue weighted by molar-refractivity contribution is 6.11. The van der Waals surface area contributed by atoms with Gasteiger partial charge in [0.1, 0.15) is 17.3 Å². The molecule has 27 heavy (non-hydrogen) atoms. The van der Waals surface area contributed by atoms with Crippen LogP contribution in [0.15, 0.2) is 79.1 Å². The normalized spacial score (nSPS) is 10.6. The number of ether oxygens (including phenoxy) is 1. The van der Waals surface area contributed by atoms with Crippen molar-refractivity contribution in [3.8, 4) is 11.6 Å². The van der Waals surface area contributed by atoms with Crippen LogP contribution in [-0.2, 0) is 0 Å². The first-order chi connectivity index (χ1) is 13.2. The van der Waals surface area contributed by atoms with Crippen LogP contribution in [0.1, 0.15) is 10.5 Å². The number of benzene rings is 2. The molecule has 1 amide bonds. The molecular formula is C21H14FN3O2. The molecule has 0 aliphatic carbocycles. The minimum absolute atomic E-state index is 0.319. The first kappa shape index (κ1) is 16.7. The highest BCUT2D eigenvalue weighted by Gasteiger charge is 2.12. The standard InChI is InChI=1S/C21H14FN3O2/c22-15-5-8-17(9-6-15)27-19-10-7-16(13-24-19)25-21(26)20-18-4-2-1-3-14(18)11-12-23-20/h1-13H,(H,25,26). The molecule has 6 heteroatoms. The monoisotopic (exact) mass is 359 g/mol. The van der Waals surface area contributed by atoms with Crippen LogP contribution in [0.3, 0.4) is 0 Å². The fourth-order valence-corrected chi connectivity index (χ4v) is 2.63. The number of fused-ring (bicyclic) bond motifs is 1. The number of carbonyl (C=O) groups excluding carboxylic acids is 1. The summed E-state index contributed by atoms with van der Waals surface area (Å²) in [5, 5.41) is 4.50. The van der Waals surface area contributed by atoms with Crippen molar-refractivity contribution in [1.29, 1.82) is 0 Å². The Balaban J connectivity index is 1.49. The number of amides is 1. The van der Waals surface area contributed by atoms with Crippen LogP contribution < -0.4 is 10.1 Å². The maximum Gasteiger partial charge on any atom is 0.274 e. The molecule has 0 aliphatic rings. The number of rotatable bonds is 4. The lowest BCUT2D eigenvalue weighted by atomic mass is 10.1. The first-order valence-electron chi connectivity index (χ1n) is 8.24. The van der Waals surface area contributed by atoms with Crippen LogP contribution in [0, 0.1) is 5.82 Å². The van der Waals surface area contributed by atoms with Gasteiger partial charge in [-0.1, -0.05) is 24.3 Å². The van der Waals surface area contributed by atoms with E-state index in [1.807, 2.05) is 30.3 Å². The molecule has 0 spiro atoms. The van der Waals surface area contributed by atoms with Crippen LogP contribution in [0.25, 0.3) is 10.8 Å². The molecule has 4 aromatic rings. The fraction of sp³-hybridized carbons (Fsp3) is 0. The number of carbonyl (C=O) groups is 1. The van der Waals surface area contributed by atoms with Crippen molar-refractivity contribution in [1.82, 2.24) is 9.97 Å². The van der Waals surface area contributed by atoms with E-state index >= 15 is 0 Å². The maximum absolute atomic E-state index is 12.9. The van der Waals surface area contributed by atoms with E-state index in [2.05, 4.69) is 15.3 Å². The van der Waals surface area contributed by atoms with Crippen molar-refractivity contribution in [3.05, 3.63) is 90.6 Å². The molecule has 0 fully saturated rings. The molecule has 0 atom stereocenters. The summed E-state index contributed by atoms with van der Waals surface area (Å²) in [4.78, 5) is 20.9. The molecule has 2 aromatic heterocycles. The van der Waals surface area contributed by atoms with Gasteiger partial charge in [0.25, 0.3) is 5.91 Å². The van der Waals surface area contributed by atoms with Crippen molar-refractivity contribution >= 4 is 22.4 Å². The van der Waals surface area contributed by atoms with Gasteiger partial charge in [-0.25, -0.2) is 9.37 Å². The van der Waals surface area contributed by atoms with Gasteiger partial charge in [-0.2, -0.15) is 0 Å². The second-order valence-electron chi connectivity index (χ2n) is 5.78. The molecule has 0 saturated heterocycles. The molecule has 2 heterocycles. The van der Waals surface area contributed by atoms with Gasteiger partial charge >= 0.3 is 0 Å². The number of hydrogen-bond acceptors (Lipinski definition) is 4. The largest absolute Gasteiger partial charge is 0.439 e. The van der Waals surface area contributed by atoms with E-state index in [4.69, 9.17) is 4.74 Å². The van der Waals surface area contributed by atoms with Gasteiger partial charge in [0.2, 0.25) is 5.88 Å². The highest BCUT2D eigenvalue weighted by Crippen LogP contribution is 2.22. The number of nitrogens with zero attached hydrogens (tertiary/aromatic N) is 2. The third kappa shape index (κ3) is 3.74. The number of nitrogens with one attached hydrogen (secondary N) is 1. The lowest BCUT2D eigenvalue weighted by molar-refractivity contribution is 0.102. The summed E-state index contributed by atoms with van der Waals surface area (Å²) in [7, 11) is 0. The molecule has 2 aromatic carbocycles. The minimum atomic E-state index is -0.338. The zero-order chi connectivity index (χ0) is 18.6. The minimum Gasteiger partial charge on any atom is -0.439 e. The van der Waals surface area contributed by atoms with Gasteiger partial charge < -0.3 is 10.1 Å². The highest BCUT2D eigenvalue weighted by atomic mass is 19.1. The van der Waals surface area contributed by atoms with E-state index < -0.39 is 0 Å². The Morgan fingerprint density at radius 1 is 0.926 bits per heavy atom. The van der Waals surface area contributed by atoms with Gasteiger partial charge in [0.05, 0.1) is 11.9 Å². The molecule has 0 radical (unpaired) electrons. The topological polar surface area (TPSA) is 64.1 Å². The van der Waals surface area contributed by atoms with Crippen LogP contribution in [0.2, 0.25) is 0 Å². The Labute approximate surface area is 154 Å². The van der Waals surface area contributed by atoms with Crippen molar-refractivity contribution in [2.75, 3.05) is 5.32 Å². The van der Waals surface area contributed by atoms with E-state index in [-0.39, 0.29) is 11.7 Å². The number of pyridine rings is 2. The van der Waals surface area contributed by atoms with Crippen molar-refractivity contribution in [2.24, 2.45) is 0 Å². The molecule has 0 unspecified atom stereocenters.